The van der Waals surface area contributed by atoms with Crippen LogP contribution in [0.2, 0.25) is 0 Å². The fourth-order valence-corrected chi connectivity index (χ4v) is 5.34. The molecule has 0 N–H and O–H groups in total. The van der Waals surface area contributed by atoms with E-state index in [1.54, 1.807) is 20.1 Å². The molecule has 0 amide bonds. The number of hydrogen-bond donors (Lipinski definition) is 0. The second-order valence-corrected chi connectivity index (χ2v) is 8.85. The van der Waals surface area contributed by atoms with E-state index in [0.29, 0.717) is 29.9 Å². The van der Waals surface area contributed by atoms with Crippen molar-refractivity contribution >= 4 is 17.2 Å². The molecule has 3 heterocycles. The lowest BCUT2D eigenvalue weighted by molar-refractivity contribution is -0.111. The van der Waals surface area contributed by atoms with E-state index >= 15 is 0 Å². The lowest BCUT2D eigenvalue weighted by atomic mass is 9.67. The standard InChI is InChI=1S/C25H28FN3O3/c1-17(30)24-25(18-7-4-3-5-8-18,11-6-12-28-14-20(15-28)31-2)23-16-32-22-10-9-19(26)13-21(22)29(23)27-24/h3-5,7-10,13,20,23H,6,11-12,14-16H2,1-2H3/t23-,25+/m0/s1. The van der Waals surface area contributed by atoms with Crippen molar-refractivity contribution in [1.82, 2.24) is 4.90 Å². The van der Waals surface area contributed by atoms with E-state index in [-0.39, 0.29) is 17.6 Å². The van der Waals surface area contributed by atoms with Crippen LogP contribution < -0.4 is 9.75 Å². The van der Waals surface area contributed by atoms with Gasteiger partial charge < -0.3 is 9.47 Å². The first-order valence-corrected chi connectivity index (χ1v) is 11.1. The highest BCUT2D eigenvalue weighted by Crippen LogP contribution is 2.48. The minimum atomic E-state index is -0.622. The monoisotopic (exact) mass is 437 g/mol. The topological polar surface area (TPSA) is 54.4 Å². The molecule has 0 saturated carbocycles. The number of hydrogen-bond acceptors (Lipinski definition) is 6. The van der Waals surface area contributed by atoms with E-state index in [9.17, 15) is 9.18 Å². The van der Waals surface area contributed by atoms with Crippen molar-refractivity contribution < 1.29 is 18.7 Å². The van der Waals surface area contributed by atoms with Gasteiger partial charge in [0.15, 0.2) is 5.78 Å². The Bertz CT molecular complexity index is 1040. The molecule has 1 saturated heterocycles. The molecule has 32 heavy (non-hydrogen) atoms. The number of benzene rings is 2. The first-order chi connectivity index (χ1) is 15.5. The molecule has 0 spiro atoms. The number of Topliss-reactive ketones (excluding diaryl/α,β-unsaturated/α-hetero) is 1. The summed E-state index contributed by atoms with van der Waals surface area (Å²) in [6.45, 7) is 4.75. The van der Waals surface area contributed by atoms with Gasteiger partial charge in [0.25, 0.3) is 0 Å². The number of nitrogens with zero attached hydrogens (tertiary/aromatic N) is 3. The van der Waals surface area contributed by atoms with Gasteiger partial charge in [0.2, 0.25) is 0 Å². The van der Waals surface area contributed by atoms with Gasteiger partial charge in [-0.3, -0.25) is 14.7 Å². The predicted octanol–water partition coefficient (Wildman–Crippen LogP) is 3.40. The summed E-state index contributed by atoms with van der Waals surface area (Å²) in [5.74, 6) is 0.171. The highest BCUT2D eigenvalue weighted by molar-refractivity contribution is 6.43. The smallest absolute Gasteiger partial charge is 0.176 e. The van der Waals surface area contributed by atoms with Crippen LogP contribution >= 0.6 is 0 Å². The Morgan fingerprint density at radius 2 is 2.03 bits per heavy atom. The molecule has 2 atom stereocenters. The van der Waals surface area contributed by atoms with Crippen molar-refractivity contribution in [3.8, 4) is 5.75 Å². The van der Waals surface area contributed by atoms with Crippen molar-refractivity contribution in [1.29, 1.82) is 0 Å². The minimum absolute atomic E-state index is 0.0652. The van der Waals surface area contributed by atoms with E-state index in [4.69, 9.17) is 14.6 Å². The van der Waals surface area contributed by atoms with Crippen LogP contribution in [0.3, 0.4) is 0 Å². The zero-order chi connectivity index (χ0) is 22.3. The third kappa shape index (κ3) is 3.40. The summed E-state index contributed by atoms with van der Waals surface area (Å²) in [7, 11) is 1.75. The van der Waals surface area contributed by atoms with Gasteiger partial charge in [-0.25, -0.2) is 4.39 Å². The normalized spacial score (nSPS) is 24.9. The number of halogens is 1. The predicted molar refractivity (Wildman–Crippen MR) is 121 cm³/mol. The fourth-order valence-electron chi connectivity index (χ4n) is 5.34. The molecule has 168 valence electrons. The summed E-state index contributed by atoms with van der Waals surface area (Å²) in [6.07, 6.45) is 1.96. The van der Waals surface area contributed by atoms with Crippen LogP contribution in [-0.2, 0) is 14.9 Å². The van der Waals surface area contributed by atoms with E-state index < -0.39 is 5.41 Å². The summed E-state index contributed by atoms with van der Waals surface area (Å²) in [4.78, 5) is 15.3. The maximum absolute atomic E-state index is 14.1. The van der Waals surface area contributed by atoms with Crippen LogP contribution in [0.4, 0.5) is 10.1 Å². The molecule has 0 bridgehead atoms. The SMILES string of the molecule is COC1CN(CCC[C@]2(c3ccccc3)C(C(C)=O)=NN3c4cc(F)ccc4OC[C@H]32)C1. The van der Waals surface area contributed by atoms with Gasteiger partial charge in [-0.05, 0) is 37.1 Å². The summed E-state index contributed by atoms with van der Waals surface area (Å²) < 4.78 is 25.6. The second kappa shape index (κ2) is 8.30. The molecule has 3 aliphatic heterocycles. The van der Waals surface area contributed by atoms with Crippen LogP contribution in [0.1, 0.15) is 25.3 Å². The van der Waals surface area contributed by atoms with Gasteiger partial charge in [-0.15, -0.1) is 0 Å². The molecule has 0 aliphatic carbocycles. The molecule has 5 rings (SSSR count). The fraction of sp³-hybridized carbons (Fsp3) is 0.440. The van der Waals surface area contributed by atoms with Gasteiger partial charge in [0.05, 0.1) is 11.5 Å². The van der Waals surface area contributed by atoms with E-state index in [1.165, 1.54) is 12.1 Å². The van der Waals surface area contributed by atoms with Crippen LogP contribution in [0.25, 0.3) is 0 Å². The third-order valence-corrected chi connectivity index (χ3v) is 6.98. The number of anilines is 1. The Morgan fingerprint density at radius 3 is 2.75 bits per heavy atom. The second-order valence-electron chi connectivity index (χ2n) is 8.85. The van der Waals surface area contributed by atoms with Crippen LogP contribution in [-0.4, -0.2) is 61.9 Å². The third-order valence-electron chi connectivity index (χ3n) is 6.98. The molecular weight excluding hydrogens is 409 g/mol. The molecule has 1 fully saturated rings. The van der Waals surface area contributed by atoms with Gasteiger partial charge in [0.1, 0.15) is 35.6 Å². The molecule has 2 aromatic rings. The van der Waals surface area contributed by atoms with Crippen LogP contribution in [0.5, 0.6) is 5.75 Å². The van der Waals surface area contributed by atoms with Gasteiger partial charge in [-0.1, -0.05) is 30.3 Å². The number of carbonyl (C=O) groups is 1. The van der Waals surface area contributed by atoms with Crippen LogP contribution in [0.15, 0.2) is 53.6 Å². The Kier molecular flexibility index (Phi) is 5.47. The van der Waals surface area contributed by atoms with E-state index in [0.717, 1.165) is 38.0 Å². The summed E-state index contributed by atoms with van der Waals surface area (Å²) >= 11 is 0. The molecule has 6 nitrogen and oxygen atoms in total. The minimum Gasteiger partial charge on any atom is -0.489 e. The molecule has 0 aromatic heterocycles. The molecule has 2 aromatic carbocycles. The number of likely N-dealkylation sites (tertiary alicyclic amines) is 1. The summed E-state index contributed by atoms with van der Waals surface area (Å²) in [5.41, 5.74) is 1.52. The first-order valence-electron chi connectivity index (χ1n) is 11.1. The van der Waals surface area contributed by atoms with Crippen molar-refractivity contribution in [2.24, 2.45) is 5.10 Å². The average molecular weight is 438 g/mol. The maximum Gasteiger partial charge on any atom is 0.176 e. The number of ether oxygens (including phenoxy) is 2. The average Bonchev–Trinajstić information content (AvgIpc) is 3.12. The molecule has 3 aliphatic rings. The van der Waals surface area contributed by atoms with Gasteiger partial charge in [-0.2, -0.15) is 5.10 Å². The highest BCUT2D eigenvalue weighted by atomic mass is 19.1. The van der Waals surface area contributed by atoms with Crippen molar-refractivity contribution in [2.75, 3.05) is 38.4 Å². The van der Waals surface area contributed by atoms with Gasteiger partial charge >= 0.3 is 0 Å². The zero-order valence-corrected chi connectivity index (χ0v) is 18.5. The van der Waals surface area contributed by atoms with Crippen molar-refractivity contribution in [2.45, 2.75) is 37.3 Å². The lowest BCUT2D eigenvalue weighted by Crippen LogP contribution is -2.55. The molecular formula is C25H28FN3O3. The Labute approximate surface area is 187 Å². The number of hydrazone groups is 1. The number of ketones is 1. The largest absolute Gasteiger partial charge is 0.489 e. The van der Waals surface area contributed by atoms with Gasteiger partial charge in [0, 0.05) is 33.2 Å². The molecule has 0 radical (unpaired) electrons. The Morgan fingerprint density at radius 1 is 1.25 bits per heavy atom. The molecule has 0 unspecified atom stereocenters. The lowest BCUT2D eigenvalue weighted by Gasteiger charge is -2.42. The maximum atomic E-state index is 14.1. The van der Waals surface area contributed by atoms with Crippen LogP contribution in [0, 0.1) is 5.82 Å². The molecule has 7 heteroatoms. The summed E-state index contributed by atoms with van der Waals surface area (Å²) in [5, 5.41) is 6.62. The van der Waals surface area contributed by atoms with E-state index in [1.807, 2.05) is 23.2 Å². The number of carbonyl (C=O) groups excluding carboxylic acids is 1. The zero-order valence-electron chi connectivity index (χ0n) is 18.5. The van der Waals surface area contributed by atoms with Crippen molar-refractivity contribution in [3.63, 3.8) is 0 Å². The number of rotatable bonds is 7. The number of methoxy groups -OCH3 is 1. The van der Waals surface area contributed by atoms with Crippen molar-refractivity contribution in [3.05, 3.63) is 59.9 Å². The summed E-state index contributed by atoms with van der Waals surface area (Å²) in [6, 6.07) is 14.3. The Hall–Kier alpha value is -2.77. The quantitative estimate of drug-likeness (QED) is 0.665. The first kappa shape index (κ1) is 21.1. The Balaban J connectivity index is 1.51. The highest BCUT2D eigenvalue weighted by Gasteiger charge is 2.55. The van der Waals surface area contributed by atoms with E-state index in [2.05, 4.69) is 17.0 Å². The number of fused-ring (bicyclic) bond motifs is 3.